The van der Waals surface area contributed by atoms with Crippen molar-refractivity contribution in [1.82, 2.24) is 4.90 Å². The van der Waals surface area contributed by atoms with Crippen LogP contribution in [0.15, 0.2) is 18.2 Å². The van der Waals surface area contributed by atoms with Gasteiger partial charge >= 0.3 is 5.97 Å². The van der Waals surface area contributed by atoms with Gasteiger partial charge in [-0.2, -0.15) is 0 Å². The van der Waals surface area contributed by atoms with Crippen LogP contribution in [-0.4, -0.2) is 38.9 Å². The predicted molar refractivity (Wildman–Crippen MR) is 74.1 cm³/mol. The van der Waals surface area contributed by atoms with E-state index in [1.165, 1.54) is 30.0 Å². The molecule has 1 aliphatic carbocycles. The lowest BCUT2D eigenvalue weighted by Crippen LogP contribution is -2.45. The van der Waals surface area contributed by atoms with Crippen molar-refractivity contribution in [2.24, 2.45) is 0 Å². The molecule has 1 atom stereocenters. The van der Waals surface area contributed by atoms with Crippen LogP contribution < -0.4 is 0 Å². The van der Waals surface area contributed by atoms with Gasteiger partial charge in [-0.1, -0.05) is 6.07 Å². The molecule has 1 amide bonds. The normalized spacial score (nSPS) is 15.3. The van der Waals surface area contributed by atoms with Crippen LogP contribution in [0.1, 0.15) is 35.7 Å². The van der Waals surface area contributed by atoms with Crippen LogP contribution in [-0.2, 0) is 4.79 Å². The molecular formula is C14H16N2O5. The molecule has 0 heterocycles. The van der Waals surface area contributed by atoms with Gasteiger partial charge in [0.25, 0.3) is 11.6 Å². The number of nitro benzene ring substituents is 1. The maximum Gasteiger partial charge on any atom is 0.326 e. The second-order valence-corrected chi connectivity index (χ2v) is 5.21. The molecule has 1 aliphatic rings. The quantitative estimate of drug-likeness (QED) is 0.660. The second kappa shape index (κ2) is 5.51. The van der Waals surface area contributed by atoms with Crippen LogP contribution in [0.5, 0.6) is 0 Å². The van der Waals surface area contributed by atoms with Crippen LogP contribution in [0.25, 0.3) is 0 Å². The number of nitrogens with zero attached hydrogens (tertiary/aromatic N) is 2. The fourth-order valence-electron chi connectivity index (χ4n) is 2.22. The molecule has 7 heteroatoms. The molecule has 1 saturated carbocycles. The summed E-state index contributed by atoms with van der Waals surface area (Å²) < 4.78 is 0. The van der Waals surface area contributed by atoms with Crippen LogP contribution in [0.3, 0.4) is 0 Å². The van der Waals surface area contributed by atoms with Gasteiger partial charge in [-0.25, -0.2) is 4.79 Å². The van der Waals surface area contributed by atoms with E-state index in [4.69, 9.17) is 5.11 Å². The number of aliphatic carboxylic acids is 1. The molecule has 1 unspecified atom stereocenters. The Labute approximate surface area is 121 Å². The smallest absolute Gasteiger partial charge is 0.326 e. The summed E-state index contributed by atoms with van der Waals surface area (Å²) >= 11 is 0. The lowest BCUT2D eigenvalue weighted by Gasteiger charge is -2.27. The number of aryl methyl sites for hydroxylation is 1. The van der Waals surface area contributed by atoms with E-state index in [-0.39, 0.29) is 17.3 Å². The third kappa shape index (κ3) is 3.01. The number of carboxylic acids is 1. The molecule has 21 heavy (non-hydrogen) atoms. The van der Waals surface area contributed by atoms with Gasteiger partial charge < -0.3 is 10.0 Å². The summed E-state index contributed by atoms with van der Waals surface area (Å²) in [5, 5.41) is 20.0. The first-order valence-electron chi connectivity index (χ1n) is 6.63. The largest absolute Gasteiger partial charge is 0.480 e. The average molecular weight is 292 g/mol. The third-order valence-electron chi connectivity index (χ3n) is 3.61. The van der Waals surface area contributed by atoms with Crippen molar-refractivity contribution in [3.63, 3.8) is 0 Å². The van der Waals surface area contributed by atoms with Gasteiger partial charge in [0, 0.05) is 23.7 Å². The fraction of sp³-hybridized carbons (Fsp3) is 0.429. The van der Waals surface area contributed by atoms with E-state index in [9.17, 15) is 19.7 Å². The number of non-ortho nitro benzene ring substituents is 1. The summed E-state index contributed by atoms with van der Waals surface area (Å²) in [6.07, 6.45) is 1.52. The summed E-state index contributed by atoms with van der Waals surface area (Å²) in [6.45, 7) is 3.12. The number of hydrogen-bond acceptors (Lipinski definition) is 4. The van der Waals surface area contributed by atoms with Gasteiger partial charge in [-0.05, 0) is 32.3 Å². The molecule has 112 valence electrons. The first-order chi connectivity index (χ1) is 9.82. The van der Waals surface area contributed by atoms with Crippen molar-refractivity contribution in [3.8, 4) is 0 Å². The summed E-state index contributed by atoms with van der Waals surface area (Å²) in [7, 11) is 0. The number of carboxylic acid groups (broad SMARTS) is 1. The highest BCUT2D eigenvalue weighted by atomic mass is 16.6. The van der Waals surface area contributed by atoms with Crippen molar-refractivity contribution in [2.75, 3.05) is 0 Å². The first-order valence-corrected chi connectivity index (χ1v) is 6.63. The Bertz CT molecular complexity index is 609. The van der Waals surface area contributed by atoms with Gasteiger partial charge in [0.05, 0.1) is 4.92 Å². The molecule has 0 spiro atoms. The van der Waals surface area contributed by atoms with Crippen LogP contribution >= 0.6 is 0 Å². The summed E-state index contributed by atoms with van der Waals surface area (Å²) in [5.74, 6) is -1.55. The number of rotatable bonds is 5. The number of hydrogen-bond donors (Lipinski definition) is 1. The Morgan fingerprint density at radius 1 is 1.43 bits per heavy atom. The Balaban J connectivity index is 2.39. The lowest BCUT2D eigenvalue weighted by atomic mass is 10.1. The summed E-state index contributed by atoms with van der Waals surface area (Å²) in [6, 6.07) is 2.99. The van der Waals surface area contributed by atoms with Crippen LogP contribution in [0.2, 0.25) is 0 Å². The van der Waals surface area contributed by atoms with Crippen LogP contribution in [0.4, 0.5) is 5.69 Å². The van der Waals surface area contributed by atoms with E-state index < -0.39 is 22.8 Å². The Morgan fingerprint density at radius 3 is 2.52 bits per heavy atom. The fourth-order valence-corrected chi connectivity index (χ4v) is 2.22. The van der Waals surface area contributed by atoms with Crippen LogP contribution in [0, 0.1) is 17.0 Å². The number of nitro groups is 1. The average Bonchev–Trinajstić information content (AvgIpc) is 3.23. The second-order valence-electron chi connectivity index (χ2n) is 5.21. The topological polar surface area (TPSA) is 101 Å². The van der Waals surface area contributed by atoms with Crippen molar-refractivity contribution < 1.29 is 19.6 Å². The minimum absolute atomic E-state index is 0.0951. The minimum Gasteiger partial charge on any atom is -0.480 e. The van der Waals surface area contributed by atoms with Crippen molar-refractivity contribution >= 4 is 17.6 Å². The van der Waals surface area contributed by atoms with E-state index in [1.54, 1.807) is 6.92 Å². The predicted octanol–water partition coefficient (Wildman–Crippen LogP) is 1.98. The molecule has 1 aromatic rings. The molecule has 0 saturated heterocycles. The van der Waals surface area contributed by atoms with Crippen molar-refractivity contribution in [2.45, 2.75) is 38.8 Å². The SMILES string of the molecule is Cc1ccc([N+](=O)[O-])cc1C(=O)N(C1CC1)C(C)C(=O)O. The van der Waals surface area contributed by atoms with Gasteiger partial charge in [0.1, 0.15) is 6.04 Å². The zero-order valence-electron chi connectivity index (χ0n) is 11.8. The lowest BCUT2D eigenvalue weighted by molar-refractivity contribution is -0.384. The van der Waals surface area contributed by atoms with Crippen molar-refractivity contribution in [1.29, 1.82) is 0 Å². The number of carbonyl (C=O) groups excluding carboxylic acids is 1. The van der Waals surface area contributed by atoms with Crippen molar-refractivity contribution in [3.05, 3.63) is 39.4 Å². The highest BCUT2D eigenvalue weighted by molar-refractivity contribution is 5.98. The van der Waals surface area contributed by atoms with E-state index in [0.717, 1.165) is 12.8 Å². The molecule has 0 bridgehead atoms. The van der Waals surface area contributed by atoms with Gasteiger partial charge in [-0.15, -0.1) is 0 Å². The zero-order chi connectivity index (χ0) is 15.7. The number of carbonyl (C=O) groups is 2. The summed E-state index contributed by atoms with van der Waals surface area (Å²) in [5.41, 5.74) is 0.598. The number of amides is 1. The third-order valence-corrected chi connectivity index (χ3v) is 3.61. The van der Waals surface area contributed by atoms with Gasteiger partial charge in [0.15, 0.2) is 0 Å². The maximum absolute atomic E-state index is 12.6. The minimum atomic E-state index is -1.08. The molecular weight excluding hydrogens is 276 g/mol. The Morgan fingerprint density at radius 2 is 2.05 bits per heavy atom. The van der Waals surface area contributed by atoms with E-state index in [2.05, 4.69) is 0 Å². The monoisotopic (exact) mass is 292 g/mol. The number of benzene rings is 1. The molecule has 7 nitrogen and oxygen atoms in total. The molecule has 1 N–H and O–H groups in total. The molecule has 0 aliphatic heterocycles. The summed E-state index contributed by atoms with van der Waals surface area (Å²) in [4.78, 5) is 35.3. The van der Waals surface area contributed by atoms with E-state index >= 15 is 0 Å². The maximum atomic E-state index is 12.6. The first kappa shape index (κ1) is 15.0. The molecule has 2 rings (SSSR count). The van der Waals surface area contributed by atoms with Gasteiger partial charge in [0.2, 0.25) is 0 Å². The standard InChI is InChI=1S/C14H16N2O5/c1-8-3-4-11(16(20)21)7-12(8)13(17)15(10-5-6-10)9(2)14(18)19/h3-4,7,9-10H,5-6H2,1-2H3,(H,18,19). The zero-order valence-corrected chi connectivity index (χ0v) is 11.8. The Kier molecular flexibility index (Phi) is 3.93. The highest BCUT2D eigenvalue weighted by Gasteiger charge is 2.39. The molecule has 0 radical (unpaired) electrons. The molecule has 1 fully saturated rings. The molecule has 1 aromatic carbocycles. The van der Waals surface area contributed by atoms with Gasteiger partial charge in [-0.3, -0.25) is 14.9 Å². The van der Waals surface area contributed by atoms with E-state index in [0.29, 0.717) is 5.56 Å². The Hall–Kier alpha value is -2.44. The molecule has 0 aromatic heterocycles. The van der Waals surface area contributed by atoms with E-state index in [1.807, 2.05) is 0 Å². The highest BCUT2D eigenvalue weighted by Crippen LogP contribution is 2.31.